The van der Waals surface area contributed by atoms with E-state index in [0.29, 0.717) is 0 Å². The van der Waals surface area contributed by atoms with Gasteiger partial charge < -0.3 is 9.67 Å². The third kappa shape index (κ3) is 1.70. The highest BCUT2D eigenvalue weighted by molar-refractivity contribution is 5.74. The first-order valence-corrected chi connectivity index (χ1v) is 6.36. The van der Waals surface area contributed by atoms with Gasteiger partial charge in [-0.25, -0.2) is 9.36 Å². The monoisotopic (exact) mass is 286 g/mol. The molecule has 2 heterocycles. The number of para-hydroxylation sites is 2. The van der Waals surface area contributed by atoms with Crippen LogP contribution in [-0.4, -0.2) is 13.7 Å². The maximum atomic E-state index is 12.3. The quantitative estimate of drug-likeness (QED) is 0.534. The molecule has 0 aliphatic carbocycles. The fourth-order valence-electron chi connectivity index (χ4n) is 2.46. The van der Waals surface area contributed by atoms with E-state index in [-0.39, 0.29) is 5.69 Å². The lowest BCUT2D eigenvalue weighted by Crippen LogP contribution is -2.40. The summed E-state index contributed by atoms with van der Waals surface area (Å²) in [6.07, 6.45) is 1.66. The van der Waals surface area contributed by atoms with Crippen molar-refractivity contribution in [1.82, 2.24) is 13.7 Å². The van der Waals surface area contributed by atoms with Gasteiger partial charge >= 0.3 is 11.2 Å². The molecule has 0 saturated heterocycles. The van der Waals surface area contributed by atoms with Crippen molar-refractivity contribution in [2.24, 2.45) is 21.1 Å². The van der Waals surface area contributed by atoms with Gasteiger partial charge in [-0.05, 0) is 12.1 Å². The fourth-order valence-corrected chi connectivity index (χ4v) is 2.46. The predicted molar refractivity (Wildman–Crippen MR) is 74.4 cm³/mol. The normalized spacial score (nSPS) is 11.2. The highest BCUT2D eigenvalue weighted by Gasteiger charge is 2.20. The van der Waals surface area contributed by atoms with Gasteiger partial charge in [-0.15, -0.1) is 0 Å². The lowest BCUT2D eigenvalue weighted by atomic mass is 10.3. The fraction of sp³-hybridized carbons (Fsp3) is 0.214. The molecule has 0 saturated carbocycles. The first-order valence-electron chi connectivity index (χ1n) is 6.36. The molecule has 1 aromatic carbocycles. The standard InChI is InChI=1S/C14H14N4O3/c1-15-8-18(10-7-5-4-6-9(10)15)11-12(19)16(2)14(21)17(3)13(11)20/h4-8H,1-3H3. The van der Waals surface area contributed by atoms with E-state index in [1.807, 2.05) is 35.9 Å². The van der Waals surface area contributed by atoms with Crippen LogP contribution in [0, 0.1) is 0 Å². The minimum absolute atomic E-state index is 0.0589. The molecule has 0 N–H and O–H groups in total. The van der Waals surface area contributed by atoms with Crippen LogP contribution in [0.4, 0.5) is 0 Å². The van der Waals surface area contributed by atoms with Crippen LogP contribution in [0.2, 0.25) is 0 Å². The lowest BCUT2D eigenvalue weighted by Gasteiger charge is -2.15. The SMILES string of the molecule is Cn1c([O-])c(-n2c[n+](C)c3ccccc32)c(=O)n(C)c1=O. The number of nitrogens with zero attached hydrogens (tertiary/aromatic N) is 4. The zero-order valence-corrected chi connectivity index (χ0v) is 11.9. The van der Waals surface area contributed by atoms with Gasteiger partial charge in [0.1, 0.15) is 0 Å². The smallest absolute Gasteiger partial charge is 0.330 e. The number of imidazole rings is 1. The third-order valence-electron chi connectivity index (χ3n) is 3.64. The van der Waals surface area contributed by atoms with Crippen LogP contribution in [0.1, 0.15) is 0 Å². The van der Waals surface area contributed by atoms with Crippen molar-refractivity contribution in [3.05, 3.63) is 51.4 Å². The maximum Gasteiger partial charge on any atom is 0.330 e. The summed E-state index contributed by atoms with van der Waals surface area (Å²) in [7, 11) is 4.55. The van der Waals surface area contributed by atoms with Gasteiger partial charge in [0.05, 0.1) is 7.05 Å². The summed E-state index contributed by atoms with van der Waals surface area (Å²) >= 11 is 0. The Morgan fingerprint density at radius 1 is 1.10 bits per heavy atom. The van der Waals surface area contributed by atoms with Gasteiger partial charge in [-0.3, -0.25) is 9.36 Å². The summed E-state index contributed by atoms with van der Waals surface area (Å²) in [5, 5.41) is 12.3. The van der Waals surface area contributed by atoms with Gasteiger partial charge in [0, 0.05) is 20.0 Å². The number of hydrogen-bond acceptors (Lipinski definition) is 3. The van der Waals surface area contributed by atoms with Crippen molar-refractivity contribution in [1.29, 1.82) is 0 Å². The number of rotatable bonds is 1. The zero-order valence-electron chi connectivity index (χ0n) is 11.9. The minimum atomic E-state index is -0.630. The van der Waals surface area contributed by atoms with Gasteiger partial charge in [-0.1, -0.05) is 12.1 Å². The Kier molecular flexibility index (Phi) is 2.72. The van der Waals surface area contributed by atoms with Crippen LogP contribution in [0.5, 0.6) is 5.88 Å². The van der Waals surface area contributed by atoms with E-state index in [2.05, 4.69) is 0 Å². The molecule has 0 amide bonds. The van der Waals surface area contributed by atoms with Crippen LogP contribution in [-0.2, 0) is 21.1 Å². The molecule has 0 aliphatic heterocycles. The molecule has 0 radical (unpaired) electrons. The Morgan fingerprint density at radius 3 is 2.48 bits per heavy atom. The molecule has 0 fully saturated rings. The highest BCUT2D eigenvalue weighted by atomic mass is 16.3. The highest BCUT2D eigenvalue weighted by Crippen LogP contribution is 2.18. The Morgan fingerprint density at radius 2 is 1.76 bits per heavy atom. The van der Waals surface area contributed by atoms with Gasteiger partial charge in [0.15, 0.2) is 11.0 Å². The zero-order chi connectivity index (χ0) is 15.3. The Bertz CT molecular complexity index is 978. The number of aryl methyl sites for hydroxylation is 1. The van der Waals surface area contributed by atoms with Crippen LogP contribution in [0.25, 0.3) is 16.7 Å². The molecule has 7 heteroatoms. The first-order chi connectivity index (χ1) is 9.93. The number of fused-ring (bicyclic) bond motifs is 1. The van der Waals surface area contributed by atoms with Crippen molar-refractivity contribution in [2.75, 3.05) is 0 Å². The van der Waals surface area contributed by atoms with Crippen LogP contribution in [0.15, 0.2) is 40.2 Å². The largest absolute Gasteiger partial charge is 0.857 e. The minimum Gasteiger partial charge on any atom is -0.857 e. The third-order valence-corrected chi connectivity index (χ3v) is 3.64. The molecule has 108 valence electrons. The van der Waals surface area contributed by atoms with Crippen molar-refractivity contribution >= 4 is 11.0 Å². The molecule has 0 aliphatic rings. The Balaban J connectivity index is 2.51. The van der Waals surface area contributed by atoms with E-state index in [1.54, 1.807) is 6.33 Å². The average molecular weight is 286 g/mol. The predicted octanol–water partition coefficient (Wildman–Crippen LogP) is -1.07. The molecule has 2 aromatic heterocycles. The van der Waals surface area contributed by atoms with E-state index in [9.17, 15) is 14.7 Å². The van der Waals surface area contributed by atoms with Crippen molar-refractivity contribution in [3.8, 4) is 11.6 Å². The molecule has 0 spiro atoms. The Labute approximate surface area is 119 Å². The molecular formula is C14H14N4O3. The number of benzene rings is 1. The van der Waals surface area contributed by atoms with Crippen LogP contribution < -0.4 is 20.9 Å². The molecule has 21 heavy (non-hydrogen) atoms. The first kappa shape index (κ1) is 13.2. The van der Waals surface area contributed by atoms with Crippen LogP contribution in [0.3, 0.4) is 0 Å². The second kappa shape index (κ2) is 4.34. The van der Waals surface area contributed by atoms with Crippen molar-refractivity contribution in [2.45, 2.75) is 0 Å². The van der Waals surface area contributed by atoms with E-state index in [0.717, 1.165) is 20.2 Å². The van der Waals surface area contributed by atoms with Gasteiger partial charge in [-0.2, -0.15) is 4.57 Å². The summed E-state index contributed by atoms with van der Waals surface area (Å²) in [6, 6.07) is 7.42. The second-order valence-corrected chi connectivity index (χ2v) is 4.94. The summed E-state index contributed by atoms with van der Waals surface area (Å²) in [6.45, 7) is 0. The summed E-state index contributed by atoms with van der Waals surface area (Å²) < 4.78 is 5.22. The molecule has 0 bridgehead atoms. The van der Waals surface area contributed by atoms with Gasteiger partial charge in [0.25, 0.3) is 0 Å². The van der Waals surface area contributed by atoms with Crippen LogP contribution >= 0.6 is 0 Å². The molecule has 3 aromatic rings. The van der Waals surface area contributed by atoms with Crippen molar-refractivity contribution < 1.29 is 9.67 Å². The Hall–Kier alpha value is -2.83. The molecule has 3 rings (SSSR count). The number of aromatic nitrogens is 4. The molecule has 0 atom stereocenters. The van der Waals surface area contributed by atoms with Crippen molar-refractivity contribution in [3.63, 3.8) is 0 Å². The average Bonchev–Trinajstić information content (AvgIpc) is 2.81. The molecular weight excluding hydrogens is 272 g/mol. The summed E-state index contributed by atoms with van der Waals surface area (Å²) in [5.74, 6) is -0.607. The van der Waals surface area contributed by atoms with E-state index >= 15 is 0 Å². The second-order valence-electron chi connectivity index (χ2n) is 4.94. The van der Waals surface area contributed by atoms with E-state index < -0.39 is 17.1 Å². The number of hydrogen-bond donors (Lipinski definition) is 0. The maximum absolute atomic E-state index is 12.3. The molecule has 0 unspecified atom stereocenters. The summed E-state index contributed by atoms with van der Waals surface area (Å²) in [5.41, 5.74) is 0.316. The van der Waals surface area contributed by atoms with E-state index in [4.69, 9.17) is 0 Å². The van der Waals surface area contributed by atoms with E-state index in [1.165, 1.54) is 18.7 Å². The molecule has 7 nitrogen and oxygen atoms in total. The lowest BCUT2D eigenvalue weighted by molar-refractivity contribution is -0.645. The topological polar surface area (TPSA) is 75.9 Å². The van der Waals surface area contributed by atoms with Gasteiger partial charge in [0.2, 0.25) is 12.0 Å². The summed E-state index contributed by atoms with van der Waals surface area (Å²) in [4.78, 5) is 24.1.